The summed E-state index contributed by atoms with van der Waals surface area (Å²) in [6.07, 6.45) is 2.96. The fourth-order valence-corrected chi connectivity index (χ4v) is 1.39. The molecule has 0 aromatic heterocycles. The highest BCUT2D eigenvalue weighted by Gasteiger charge is 2.27. The minimum absolute atomic E-state index is 0.931. The first-order valence-electron chi connectivity index (χ1n) is 3.85. The third kappa shape index (κ3) is 2.35. The molecule has 1 fully saturated rings. The fourth-order valence-electron chi connectivity index (χ4n) is 1.39. The van der Waals surface area contributed by atoms with Gasteiger partial charge in [-0.15, -0.1) is 0 Å². The SMILES string of the molecule is C[C@@H](CN(C)C)C1CC1. The van der Waals surface area contributed by atoms with Crippen LogP contribution in [0.15, 0.2) is 0 Å². The first-order valence-corrected chi connectivity index (χ1v) is 3.85. The maximum Gasteiger partial charge on any atom is 0.000357 e. The van der Waals surface area contributed by atoms with E-state index in [4.69, 9.17) is 0 Å². The summed E-state index contributed by atoms with van der Waals surface area (Å²) in [5.41, 5.74) is 0. The zero-order chi connectivity index (χ0) is 6.85. The van der Waals surface area contributed by atoms with Gasteiger partial charge >= 0.3 is 0 Å². The predicted molar refractivity (Wildman–Crippen MR) is 40.4 cm³/mol. The molecule has 1 rings (SSSR count). The van der Waals surface area contributed by atoms with Gasteiger partial charge in [0.1, 0.15) is 0 Å². The van der Waals surface area contributed by atoms with Gasteiger partial charge in [0.2, 0.25) is 0 Å². The van der Waals surface area contributed by atoms with Gasteiger partial charge < -0.3 is 4.90 Å². The molecule has 1 aliphatic rings. The van der Waals surface area contributed by atoms with Gasteiger partial charge in [0.15, 0.2) is 0 Å². The van der Waals surface area contributed by atoms with Crippen molar-refractivity contribution in [1.29, 1.82) is 0 Å². The van der Waals surface area contributed by atoms with Gasteiger partial charge in [-0.1, -0.05) is 6.92 Å². The minimum Gasteiger partial charge on any atom is -0.309 e. The molecule has 1 aliphatic carbocycles. The molecular weight excluding hydrogens is 110 g/mol. The second kappa shape index (κ2) is 2.70. The fraction of sp³-hybridized carbons (Fsp3) is 1.00. The lowest BCUT2D eigenvalue weighted by atomic mass is 10.1. The molecule has 0 heterocycles. The molecule has 0 spiro atoms. The van der Waals surface area contributed by atoms with Crippen LogP contribution in [0.1, 0.15) is 19.8 Å². The molecule has 0 radical (unpaired) electrons. The molecule has 1 atom stereocenters. The van der Waals surface area contributed by atoms with Crippen molar-refractivity contribution >= 4 is 0 Å². The quantitative estimate of drug-likeness (QED) is 0.556. The second-order valence-electron chi connectivity index (χ2n) is 3.58. The smallest absolute Gasteiger partial charge is 0.000357 e. The van der Waals surface area contributed by atoms with Crippen molar-refractivity contribution in [2.45, 2.75) is 19.8 Å². The maximum atomic E-state index is 2.36. The summed E-state index contributed by atoms with van der Waals surface area (Å²) in [5.74, 6) is 1.99. The highest BCUT2D eigenvalue weighted by Crippen LogP contribution is 2.36. The van der Waals surface area contributed by atoms with Gasteiger partial charge in [0.05, 0.1) is 0 Å². The van der Waals surface area contributed by atoms with E-state index in [1.165, 1.54) is 19.4 Å². The summed E-state index contributed by atoms with van der Waals surface area (Å²) >= 11 is 0. The summed E-state index contributed by atoms with van der Waals surface area (Å²) in [6, 6.07) is 0. The van der Waals surface area contributed by atoms with Crippen molar-refractivity contribution in [3.8, 4) is 0 Å². The standard InChI is InChI=1S/C8H17N/c1-7(6-9(2)3)8-4-5-8/h7-8H,4-6H2,1-3H3/t7-/m0/s1. The Labute approximate surface area is 58.0 Å². The summed E-state index contributed by atoms with van der Waals surface area (Å²) < 4.78 is 0. The molecular formula is C8H17N. The average molecular weight is 127 g/mol. The first kappa shape index (κ1) is 7.07. The maximum absolute atomic E-state index is 2.36. The van der Waals surface area contributed by atoms with Crippen molar-refractivity contribution in [2.75, 3.05) is 20.6 Å². The van der Waals surface area contributed by atoms with Crippen LogP contribution in [0.25, 0.3) is 0 Å². The Morgan fingerprint density at radius 1 is 1.44 bits per heavy atom. The van der Waals surface area contributed by atoms with Crippen molar-refractivity contribution in [2.24, 2.45) is 11.8 Å². The molecule has 1 nitrogen and oxygen atoms in total. The highest BCUT2D eigenvalue weighted by atomic mass is 15.1. The van der Waals surface area contributed by atoms with E-state index in [1.807, 2.05) is 0 Å². The van der Waals surface area contributed by atoms with Crippen LogP contribution in [0.4, 0.5) is 0 Å². The van der Waals surface area contributed by atoms with Crippen LogP contribution in [0.2, 0.25) is 0 Å². The van der Waals surface area contributed by atoms with E-state index < -0.39 is 0 Å². The molecule has 1 heteroatoms. The lowest BCUT2D eigenvalue weighted by Gasteiger charge is -2.15. The molecule has 0 aromatic carbocycles. The zero-order valence-corrected chi connectivity index (χ0v) is 6.72. The lowest BCUT2D eigenvalue weighted by Crippen LogP contribution is -2.20. The zero-order valence-electron chi connectivity index (χ0n) is 6.72. The number of rotatable bonds is 3. The van der Waals surface area contributed by atoms with Crippen LogP contribution < -0.4 is 0 Å². The van der Waals surface area contributed by atoms with Gasteiger partial charge in [-0.25, -0.2) is 0 Å². The van der Waals surface area contributed by atoms with Crippen LogP contribution in [0.5, 0.6) is 0 Å². The van der Waals surface area contributed by atoms with Gasteiger partial charge in [-0.3, -0.25) is 0 Å². The molecule has 0 saturated heterocycles. The van der Waals surface area contributed by atoms with Crippen LogP contribution in [0.3, 0.4) is 0 Å². The summed E-state index contributed by atoms with van der Waals surface area (Å²) in [7, 11) is 4.30. The van der Waals surface area contributed by atoms with Crippen molar-refractivity contribution in [3.05, 3.63) is 0 Å². The van der Waals surface area contributed by atoms with E-state index in [0.29, 0.717) is 0 Å². The van der Waals surface area contributed by atoms with E-state index in [2.05, 4.69) is 25.9 Å². The van der Waals surface area contributed by atoms with E-state index >= 15 is 0 Å². The summed E-state index contributed by atoms with van der Waals surface area (Å²) in [6.45, 7) is 3.63. The molecule has 0 unspecified atom stereocenters. The molecule has 1 saturated carbocycles. The van der Waals surface area contributed by atoms with E-state index in [9.17, 15) is 0 Å². The Morgan fingerprint density at radius 3 is 2.33 bits per heavy atom. The van der Waals surface area contributed by atoms with Gasteiger partial charge in [-0.2, -0.15) is 0 Å². The number of nitrogens with zero attached hydrogens (tertiary/aromatic N) is 1. The Balaban J connectivity index is 2.10. The Morgan fingerprint density at radius 2 is 2.00 bits per heavy atom. The van der Waals surface area contributed by atoms with Crippen molar-refractivity contribution < 1.29 is 0 Å². The monoisotopic (exact) mass is 127 g/mol. The largest absolute Gasteiger partial charge is 0.309 e. The third-order valence-corrected chi connectivity index (χ3v) is 2.08. The first-order chi connectivity index (χ1) is 4.20. The second-order valence-corrected chi connectivity index (χ2v) is 3.58. The number of hydrogen-bond donors (Lipinski definition) is 0. The van der Waals surface area contributed by atoms with Gasteiger partial charge in [0.25, 0.3) is 0 Å². The topological polar surface area (TPSA) is 3.24 Å². The molecule has 0 bridgehead atoms. The van der Waals surface area contributed by atoms with Crippen molar-refractivity contribution in [1.82, 2.24) is 4.90 Å². The molecule has 0 N–H and O–H groups in total. The van der Waals surface area contributed by atoms with E-state index in [-0.39, 0.29) is 0 Å². The third-order valence-electron chi connectivity index (χ3n) is 2.08. The summed E-state index contributed by atoms with van der Waals surface area (Å²) in [5, 5.41) is 0. The molecule has 9 heavy (non-hydrogen) atoms. The molecule has 0 aromatic rings. The van der Waals surface area contributed by atoms with Crippen LogP contribution >= 0.6 is 0 Å². The Kier molecular flexibility index (Phi) is 2.12. The molecule has 0 aliphatic heterocycles. The van der Waals surface area contributed by atoms with Gasteiger partial charge in [0, 0.05) is 6.54 Å². The van der Waals surface area contributed by atoms with E-state index in [1.54, 1.807) is 0 Å². The normalized spacial score (nSPS) is 22.7. The predicted octanol–water partition coefficient (Wildman–Crippen LogP) is 1.59. The van der Waals surface area contributed by atoms with Crippen molar-refractivity contribution in [3.63, 3.8) is 0 Å². The van der Waals surface area contributed by atoms with E-state index in [0.717, 1.165) is 11.8 Å². The van der Waals surface area contributed by atoms with Crippen LogP contribution in [-0.2, 0) is 0 Å². The van der Waals surface area contributed by atoms with Crippen LogP contribution in [0, 0.1) is 11.8 Å². The Hall–Kier alpha value is -0.0400. The average Bonchev–Trinajstić information content (AvgIpc) is 2.40. The molecule has 0 amide bonds. The Bertz CT molecular complexity index is 84.6. The lowest BCUT2D eigenvalue weighted by molar-refractivity contribution is 0.317. The number of hydrogen-bond acceptors (Lipinski definition) is 1. The minimum atomic E-state index is 0.931. The summed E-state index contributed by atoms with van der Waals surface area (Å²) in [4.78, 5) is 2.28. The van der Waals surface area contributed by atoms with Crippen LogP contribution in [-0.4, -0.2) is 25.5 Å². The highest BCUT2D eigenvalue weighted by molar-refractivity contribution is 4.79. The molecule has 54 valence electrons. The van der Waals surface area contributed by atoms with Gasteiger partial charge in [-0.05, 0) is 38.8 Å².